The summed E-state index contributed by atoms with van der Waals surface area (Å²) >= 11 is 9.58. The first-order valence-electron chi connectivity index (χ1n) is 6.34. The van der Waals surface area contributed by atoms with Crippen molar-refractivity contribution >= 4 is 44.4 Å². The fourth-order valence-electron chi connectivity index (χ4n) is 2.22. The van der Waals surface area contributed by atoms with E-state index in [9.17, 15) is 4.39 Å². The molecule has 0 aliphatic carbocycles. The second-order valence-electron chi connectivity index (χ2n) is 4.45. The van der Waals surface area contributed by atoms with Gasteiger partial charge in [0.1, 0.15) is 5.82 Å². The molecular weight excluding hydrogens is 313 g/mol. The minimum atomic E-state index is -0.198. The number of halogens is 2. The Balaban J connectivity index is 2.07. The van der Waals surface area contributed by atoms with E-state index in [1.165, 1.54) is 6.07 Å². The van der Waals surface area contributed by atoms with E-state index >= 15 is 0 Å². The maximum Gasteiger partial charge on any atom is 0.123 e. The predicted molar refractivity (Wildman–Crippen MR) is 86.6 cm³/mol. The summed E-state index contributed by atoms with van der Waals surface area (Å²) in [5.41, 5.74) is 0. The molecule has 1 aromatic carbocycles. The number of hydrogen-bond acceptors (Lipinski definition) is 3. The monoisotopic (exact) mass is 325 g/mol. The molecule has 1 nitrogen and oxygen atoms in total. The summed E-state index contributed by atoms with van der Waals surface area (Å²) in [7, 11) is 0. The number of fused-ring (bicyclic) bond motifs is 1. The molecule has 104 valence electrons. The van der Waals surface area contributed by atoms with Gasteiger partial charge in [-0.25, -0.2) is 4.39 Å². The number of thiophene rings is 2. The Morgan fingerprint density at radius 2 is 2.15 bits per heavy atom. The van der Waals surface area contributed by atoms with Crippen LogP contribution in [-0.4, -0.2) is 6.54 Å². The van der Waals surface area contributed by atoms with Gasteiger partial charge in [0.15, 0.2) is 0 Å². The Bertz CT molecular complexity index is 734. The minimum Gasteiger partial charge on any atom is -0.305 e. The smallest absolute Gasteiger partial charge is 0.123 e. The second-order valence-corrected chi connectivity index (χ2v) is 6.92. The first-order chi connectivity index (χ1) is 9.69. The lowest BCUT2D eigenvalue weighted by Crippen LogP contribution is -2.20. The molecule has 3 aromatic rings. The first kappa shape index (κ1) is 14.0. The summed E-state index contributed by atoms with van der Waals surface area (Å²) in [5.74, 6) is -0.198. The Hall–Kier alpha value is -0.940. The van der Waals surface area contributed by atoms with Gasteiger partial charge in [0, 0.05) is 14.5 Å². The van der Waals surface area contributed by atoms with Crippen LogP contribution in [-0.2, 0) is 0 Å². The highest BCUT2D eigenvalue weighted by atomic mass is 35.5. The molecule has 2 heterocycles. The minimum absolute atomic E-state index is 0.0768. The van der Waals surface area contributed by atoms with Gasteiger partial charge in [0.2, 0.25) is 0 Å². The van der Waals surface area contributed by atoms with Crippen LogP contribution >= 0.6 is 34.3 Å². The summed E-state index contributed by atoms with van der Waals surface area (Å²) in [6.45, 7) is 2.92. The van der Waals surface area contributed by atoms with Crippen molar-refractivity contribution in [1.29, 1.82) is 0 Å². The van der Waals surface area contributed by atoms with E-state index in [1.807, 2.05) is 23.6 Å². The van der Waals surface area contributed by atoms with Crippen molar-refractivity contribution in [3.05, 3.63) is 56.3 Å². The maximum absolute atomic E-state index is 13.3. The Morgan fingerprint density at radius 3 is 2.85 bits per heavy atom. The van der Waals surface area contributed by atoms with Crippen molar-refractivity contribution in [2.45, 2.75) is 13.0 Å². The normalized spacial score (nSPS) is 12.9. The van der Waals surface area contributed by atoms with Gasteiger partial charge >= 0.3 is 0 Å². The van der Waals surface area contributed by atoms with Crippen molar-refractivity contribution in [1.82, 2.24) is 5.32 Å². The van der Waals surface area contributed by atoms with Crippen LogP contribution in [0.25, 0.3) is 10.1 Å². The number of hydrogen-bond donors (Lipinski definition) is 1. The highest BCUT2D eigenvalue weighted by molar-refractivity contribution is 7.19. The molecule has 0 aliphatic heterocycles. The molecule has 1 atom stereocenters. The molecule has 0 saturated heterocycles. The predicted octanol–water partition coefficient (Wildman–Crippen LogP) is 5.45. The third kappa shape index (κ3) is 2.61. The molecule has 1 N–H and O–H groups in total. The van der Waals surface area contributed by atoms with E-state index in [0.717, 1.165) is 31.4 Å². The highest BCUT2D eigenvalue weighted by Gasteiger charge is 2.19. The van der Waals surface area contributed by atoms with Crippen LogP contribution in [0.5, 0.6) is 0 Å². The second kappa shape index (κ2) is 5.82. The fourth-order valence-corrected chi connectivity index (χ4v) is 4.68. The van der Waals surface area contributed by atoms with Crippen molar-refractivity contribution < 1.29 is 4.39 Å². The van der Waals surface area contributed by atoms with Gasteiger partial charge in [-0.1, -0.05) is 18.5 Å². The fraction of sp³-hybridized carbons (Fsp3) is 0.200. The molecule has 0 bridgehead atoms. The van der Waals surface area contributed by atoms with Crippen LogP contribution in [0.4, 0.5) is 4.39 Å². The Kier molecular flexibility index (Phi) is 4.08. The zero-order valence-electron chi connectivity index (χ0n) is 10.8. The van der Waals surface area contributed by atoms with E-state index in [2.05, 4.69) is 12.2 Å². The zero-order valence-corrected chi connectivity index (χ0v) is 13.2. The number of rotatable bonds is 4. The van der Waals surface area contributed by atoms with Crippen molar-refractivity contribution in [3.63, 3.8) is 0 Å². The van der Waals surface area contributed by atoms with Crippen molar-refractivity contribution in [3.8, 4) is 0 Å². The van der Waals surface area contributed by atoms with Crippen molar-refractivity contribution in [2.75, 3.05) is 6.54 Å². The average molecular weight is 326 g/mol. The Labute approximate surface area is 130 Å². The lowest BCUT2D eigenvalue weighted by atomic mass is 10.1. The summed E-state index contributed by atoms with van der Waals surface area (Å²) < 4.78 is 14.4. The average Bonchev–Trinajstić information content (AvgIpc) is 3.01. The van der Waals surface area contributed by atoms with Crippen molar-refractivity contribution in [2.24, 2.45) is 0 Å². The van der Waals surface area contributed by atoms with Gasteiger partial charge in [-0.05, 0) is 47.6 Å². The standard InChI is InChI=1S/C15H13ClFNS2/c1-2-18-14(15-11(16)5-6-19-15)13-8-9-7-10(17)3-4-12(9)20-13/h3-8,14,18H,2H2,1H3. The van der Waals surface area contributed by atoms with E-state index in [4.69, 9.17) is 11.6 Å². The van der Waals surface area contributed by atoms with Crippen LogP contribution in [0.15, 0.2) is 35.7 Å². The van der Waals surface area contributed by atoms with Gasteiger partial charge in [-0.15, -0.1) is 22.7 Å². The summed E-state index contributed by atoms with van der Waals surface area (Å²) in [6, 6.07) is 8.95. The molecule has 0 amide bonds. The molecule has 0 radical (unpaired) electrons. The van der Waals surface area contributed by atoms with E-state index < -0.39 is 0 Å². The van der Waals surface area contributed by atoms with E-state index in [1.54, 1.807) is 28.7 Å². The molecule has 20 heavy (non-hydrogen) atoms. The zero-order chi connectivity index (χ0) is 14.1. The summed E-state index contributed by atoms with van der Waals surface area (Å²) in [5, 5.41) is 7.18. The molecule has 0 saturated carbocycles. The third-order valence-electron chi connectivity index (χ3n) is 3.10. The highest BCUT2D eigenvalue weighted by Crippen LogP contribution is 2.38. The van der Waals surface area contributed by atoms with Gasteiger partial charge in [0.05, 0.1) is 11.1 Å². The molecule has 0 fully saturated rings. The van der Waals surface area contributed by atoms with Crippen LogP contribution in [0.1, 0.15) is 22.7 Å². The molecule has 3 rings (SSSR count). The van der Waals surface area contributed by atoms with E-state index in [-0.39, 0.29) is 11.9 Å². The Morgan fingerprint density at radius 1 is 1.30 bits per heavy atom. The van der Waals surface area contributed by atoms with Gasteiger partial charge in [-0.2, -0.15) is 0 Å². The molecule has 0 spiro atoms. The summed E-state index contributed by atoms with van der Waals surface area (Å²) in [6.07, 6.45) is 0. The maximum atomic E-state index is 13.3. The summed E-state index contributed by atoms with van der Waals surface area (Å²) in [4.78, 5) is 2.28. The van der Waals surface area contributed by atoms with Crippen LogP contribution < -0.4 is 5.32 Å². The molecule has 5 heteroatoms. The van der Waals surface area contributed by atoms with Gasteiger partial charge in [-0.3, -0.25) is 0 Å². The van der Waals surface area contributed by atoms with E-state index in [0.29, 0.717) is 0 Å². The molecule has 2 aromatic heterocycles. The van der Waals surface area contributed by atoms with Gasteiger partial charge < -0.3 is 5.32 Å². The number of benzene rings is 1. The third-order valence-corrected chi connectivity index (χ3v) is 5.70. The molecule has 0 aliphatic rings. The topological polar surface area (TPSA) is 12.0 Å². The van der Waals surface area contributed by atoms with Crippen LogP contribution in [0, 0.1) is 5.82 Å². The van der Waals surface area contributed by atoms with Gasteiger partial charge in [0.25, 0.3) is 0 Å². The largest absolute Gasteiger partial charge is 0.305 e. The van der Waals surface area contributed by atoms with Crippen LogP contribution in [0.2, 0.25) is 5.02 Å². The molecular formula is C15H13ClFNS2. The number of nitrogens with one attached hydrogen (secondary N) is 1. The SMILES string of the molecule is CCNC(c1cc2cc(F)ccc2s1)c1sccc1Cl. The first-order valence-corrected chi connectivity index (χ1v) is 8.41. The quantitative estimate of drug-likeness (QED) is 0.672. The van der Waals surface area contributed by atoms with Crippen LogP contribution in [0.3, 0.4) is 0 Å². The lowest BCUT2D eigenvalue weighted by Gasteiger charge is -2.15. The molecule has 1 unspecified atom stereocenters. The lowest BCUT2D eigenvalue weighted by molar-refractivity contribution is 0.629.